The van der Waals surface area contributed by atoms with Gasteiger partial charge in [-0.3, -0.25) is 19.3 Å². The van der Waals surface area contributed by atoms with Gasteiger partial charge in [-0.25, -0.2) is 0 Å². The number of rotatable bonds is 6. The van der Waals surface area contributed by atoms with Crippen LogP contribution in [0.25, 0.3) is 0 Å². The molecule has 1 aromatic rings. The molecule has 0 radical (unpaired) electrons. The van der Waals surface area contributed by atoms with Crippen LogP contribution in [0, 0.1) is 0 Å². The zero-order valence-corrected chi connectivity index (χ0v) is 11.0. The van der Waals surface area contributed by atoms with Crippen LogP contribution in [0.1, 0.15) is 12.8 Å². The molecule has 1 aromatic carbocycles. The van der Waals surface area contributed by atoms with Crippen LogP contribution >= 0.6 is 0 Å². The van der Waals surface area contributed by atoms with Gasteiger partial charge in [0.2, 0.25) is 11.8 Å². The van der Waals surface area contributed by atoms with Crippen molar-refractivity contribution in [3.05, 3.63) is 30.3 Å². The molecule has 0 aromatic heterocycles. The molecule has 0 aliphatic carbocycles. The number of carbonyl (C=O) groups is 3. The Labute approximate surface area is 116 Å². The van der Waals surface area contributed by atoms with E-state index in [-0.39, 0.29) is 37.7 Å². The largest absolute Gasteiger partial charge is 0.480 e. The molecule has 0 unspecified atom stereocenters. The van der Waals surface area contributed by atoms with Crippen LogP contribution in [-0.4, -0.2) is 47.4 Å². The third-order valence-electron chi connectivity index (χ3n) is 3.20. The highest BCUT2D eigenvalue weighted by molar-refractivity contribution is 6.01. The van der Waals surface area contributed by atoms with E-state index in [4.69, 9.17) is 5.11 Å². The van der Waals surface area contributed by atoms with Crippen LogP contribution in [0.15, 0.2) is 30.3 Å². The van der Waals surface area contributed by atoms with Gasteiger partial charge in [0.25, 0.3) is 0 Å². The number of anilines is 1. The zero-order chi connectivity index (χ0) is 14.5. The normalized spacial score (nSPS) is 14.7. The van der Waals surface area contributed by atoms with Gasteiger partial charge in [0, 0.05) is 31.6 Å². The third kappa shape index (κ3) is 3.34. The number of hydrogen-bond donors (Lipinski definition) is 1. The van der Waals surface area contributed by atoms with E-state index in [0.29, 0.717) is 6.54 Å². The molecule has 0 spiro atoms. The highest BCUT2D eigenvalue weighted by Crippen LogP contribution is 2.15. The Hall–Kier alpha value is -2.37. The Morgan fingerprint density at radius 2 is 1.75 bits per heavy atom. The van der Waals surface area contributed by atoms with Gasteiger partial charge in [-0.15, -0.1) is 0 Å². The number of likely N-dealkylation sites (tertiary alicyclic amines) is 1. The van der Waals surface area contributed by atoms with Gasteiger partial charge >= 0.3 is 5.97 Å². The quantitative estimate of drug-likeness (QED) is 0.775. The number of carbonyl (C=O) groups excluding carboxylic acids is 2. The lowest BCUT2D eigenvalue weighted by Gasteiger charge is -2.25. The topological polar surface area (TPSA) is 77.9 Å². The first-order valence-electron chi connectivity index (χ1n) is 6.43. The van der Waals surface area contributed by atoms with Crippen LogP contribution in [0.2, 0.25) is 0 Å². The first kappa shape index (κ1) is 14.0. The van der Waals surface area contributed by atoms with Crippen molar-refractivity contribution in [3.63, 3.8) is 0 Å². The van der Waals surface area contributed by atoms with Crippen LogP contribution in [0.5, 0.6) is 0 Å². The molecule has 0 bridgehead atoms. The number of amides is 2. The molecule has 6 nitrogen and oxygen atoms in total. The van der Waals surface area contributed by atoms with Crippen LogP contribution in [0.3, 0.4) is 0 Å². The Morgan fingerprint density at radius 3 is 2.30 bits per heavy atom. The lowest BCUT2D eigenvalue weighted by atomic mass is 10.3. The lowest BCUT2D eigenvalue weighted by molar-refractivity contribution is -0.138. The van der Waals surface area contributed by atoms with Gasteiger partial charge in [0.05, 0.1) is 0 Å². The molecule has 0 saturated carbocycles. The minimum absolute atomic E-state index is 0.166. The molecular weight excluding hydrogens is 260 g/mol. The van der Waals surface area contributed by atoms with E-state index in [1.807, 2.05) is 18.2 Å². The summed E-state index contributed by atoms with van der Waals surface area (Å²) in [6.45, 7) is 0.369. The summed E-state index contributed by atoms with van der Waals surface area (Å²) in [4.78, 5) is 36.8. The monoisotopic (exact) mass is 276 g/mol. The minimum Gasteiger partial charge on any atom is -0.480 e. The molecule has 1 aliphatic rings. The van der Waals surface area contributed by atoms with Crippen LogP contribution in [-0.2, 0) is 14.4 Å². The van der Waals surface area contributed by atoms with E-state index in [9.17, 15) is 14.4 Å². The third-order valence-corrected chi connectivity index (χ3v) is 3.20. The summed E-state index contributed by atoms with van der Waals surface area (Å²) >= 11 is 0. The smallest absolute Gasteiger partial charge is 0.323 e. The predicted octanol–water partition coefficient (Wildman–Crippen LogP) is 0.727. The molecule has 1 heterocycles. The first-order chi connectivity index (χ1) is 9.58. The van der Waals surface area contributed by atoms with Crippen molar-refractivity contribution in [3.8, 4) is 0 Å². The van der Waals surface area contributed by atoms with Crippen LogP contribution in [0.4, 0.5) is 5.69 Å². The van der Waals surface area contributed by atoms with Crippen LogP contribution < -0.4 is 4.90 Å². The number of benzene rings is 1. The summed E-state index contributed by atoms with van der Waals surface area (Å²) in [5, 5.41) is 8.95. The molecule has 1 N–H and O–H groups in total. The Kier molecular flexibility index (Phi) is 4.34. The fourth-order valence-corrected chi connectivity index (χ4v) is 2.19. The van der Waals surface area contributed by atoms with Gasteiger partial charge in [-0.2, -0.15) is 0 Å². The molecule has 1 saturated heterocycles. The summed E-state index contributed by atoms with van der Waals surface area (Å²) in [6, 6.07) is 9.08. The molecule has 1 aliphatic heterocycles. The Morgan fingerprint density at radius 1 is 1.15 bits per heavy atom. The molecule has 106 valence electrons. The fourth-order valence-electron chi connectivity index (χ4n) is 2.19. The fraction of sp³-hybridized carbons (Fsp3) is 0.357. The second-order valence-electron chi connectivity index (χ2n) is 4.59. The molecule has 1 fully saturated rings. The second-order valence-corrected chi connectivity index (χ2v) is 4.59. The van der Waals surface area contributed by atoms with E-state index >= 15 is 0 Å². The van der Waals surface area contributed by atoms with Crippen molar-refractivity contribution in [2.45, 2.75) is 12.8 Å². The summed E-state index contributed by atoms with van der Waals surface area (Å²) in [5.41, 5.74) is 0.758. The summed E-state index contributed by atoms with van der Waals surface area (Å²) in [6.07, 6.45) is 0.506. The van der Waals surface area contributed by atoms with Crippen molar-refractivity contribution < 1.29 is 19.5 Å². The number of carboxylic acid groups (broad SMARTS) is 1. The van der Waals surface area contributed by atoms with Gasteiger partial charge in [0.15, 0.2) is 0 Å². The number of carboxylic acids is 1. The minimum atomic E-state index is -0.951. The summed E-state index contributed by atoms with van der Waals surface area (Å²) in [5.74, 6) is -1.32. The molecule has 20 heavy (non-hydrogen) atoms. The molecule has 2 amide bonds. The van der Waals surface area contributed by atoms with Crippen molar-refractivity contribution in [1.29, 1.82) is 0 Å². The maximum Gasteiger partial charge on any atom is 0.323 e. The Bertz CT molecular complexity index is 499. The zero-order valence-electron chi connectivity index (χ0n) is 11.0. The highest BCUT2D eigenvalue weighted by atomic mass is 16.4. The second kappa shape index (κ2) is 6.18. The highest BCUT2D eigenvalue weighted by Gasteiger charge is 2.28. The van der Waals surface area contributed by atoms with Gasteiger partial charge in [-0.05, 0) is 12.1 Å². The SMILES string of the molecule is O=C(O)CN(CCN1C(=O)CCC1=O)c1ccccc1. The average Bonchev–Trinajstić information content (AvgIpc) is 2.75. The van der Waals surface area contributed by atoms with E-state index in [1.165, 1.54) is 4.90 Å². The molecular formula is C14H16N2O4. The van der Waals surface area contributed by atoms with Crippen molar-refractivity contribution in [1.82, 2.24) is 4.90 Å². The van der Waals surface area contributed by atoms with E-state index < -0.39 is 5.97 Å². The average molecular weight is 276 g/mol. The summed E-state index contributed by atoms with van der Waals surface area (Å²) < 4.78 is 0. The van der Waals surface area contributed by atoms with Crippen molar-refractivity contribution in [2.75, 3.05) is 24.5 Å². The lowest BCUT2D eigenvalue weighted by Crippen LogP contribution is -2.40. The van der Waals surface area contributed by atoms with Gasteiger partial charge in [-0.1, -0.05) is 18.2 Å². The number of aliphatic carboxylic acids is 1. The summed E-state index contributed by atoms with van der Waals surface area (Å²) in [7, 11) is 0. The number of hydrogen-bond acceptors (Lipinski definition) is 4. The van der Waals surface area contributed by atoms with E-state index in [2.05, 4.69) is 0 Å². The molecule has 6 heteroatoms. The first-order valence-corrected chi connectivity index (χ1v) is 6.43. The number of para-hydroxylation sites is 1. The number of nitrogens with zero attached hydrogens (tertiary/aromatic N) is 2. The van der Waals surface area contributed by atoms with Gasteiger partial charge in [0.1, 0.15) is 6.54 Å². The van der Waals surface area contributed by atoms with E-state index in [0.717, 1.165) is 5.69 Å². The van der Waals surface area contributed by atoms with Crippen molar-refractivity contribution in [2.24, 2.45) is 0 Å². The van der Waals surface area contributed by atoms with Gasteiger partial charge < -0.3 is 10.0 Å². The molecule has 0 atom stereocenters. The number of imide groups is 1. The van der Waals surface area contributed by atoms with E-state index in [1.54, 1.807) is 17.0 Å². The Balaban J connectivity index is 2.03. The standard InChI is InChI=1S/C14H16N2O4/c17-12-6-7-13(18)16(12)9-8-15(10-14(19)20)11-4-2-1-3-5-11/h1-5H,6-10H2,(H,19,20). The maximum absolute atomic E-state index is 11.5. The molecule has 2 rings (SSSR count). The van der Waals surface area contributed by atoms with Crippen molar-refractivity contribution >= 4 is 23.5 Å². The predicted molar refractivity (Wildman–Crippen MR) is 72.2 cm³/mol. The maximum atomic E-state index is 11.5.